The first-order chi connectivity index (χ1) is 17.9. The Morgan fingerprint density at radius 2 is 0.750 bits per heavy atom. The lowest BCUT2D eigenvalue weighted by molar-refractivity contribution is -0.325. The van der Waals surface area contributed by atoms with Crippen molar-refractivity contribution in [1.82, 2.24) is 0 Å². The van der Waals surface area contributed by atoms with E-state index >= 15 is 0 Å². The second-order valence-corrected chi connectivity index (χ2v) is 13.0. The largest absolute Gasteiger partial charge is 0.857 e. The number of esters is 2. The zero-order valence-corrected chi connectivity index (χ0v) is 30.5. The standard InChI is InChI=1S/C4H11O2P.C4H8O.C3H9O2P.2C3H6O2.2C3H6O.C2H6.CH3O/c1-4-6-7(2,3)5;1-3-4(2)5;1-5-6(2,3)4;2*1-3(4)5-2;2*1-3(2)4;2*1-2/h4H2,1-3H3;3H2,1-2H3;1-3H3;2*1-2H3;2*1-2H3;1-2H3;1H3/q;;;;;;;;-1. The van der Waals surface area contributed by atoms with E-state index in [1.165, 1.54) is 62.9 Å². The third-order valence-electron chi connectivity index (χ3n) is 1.95. The van der Waals surface area contributed by atoms with E-state index in [2.05, 4.69) is 14.0 Å². The van der Waals surface area contributed by atoms with Gasteiger partial charge in [0.1, 0.15) is 17.3 Å². The lowest BCUT2D eigenvalue weighted by Gasteiger charge is -2.02. The summed E-state index contributed by atoms with van der Waals surface area (Å²) in [6.45, 7) is 25.0. The van der Waals surface area contributed by atoms with Crippen LogP contribution in [0.25, 0.3) is 0 Å². The van der Waals surface area contributed by atoms with Crippen LogP contribution in [0.15, 0.2) is 0 Å². The molecule has 0 aromatic carbocycles. The molecule has 0 radical (unpaired) electrons. The van der Waals surface area contributed by atoms with Gasteiger partial charge >= 0.3 is 11.9 Å². The van der Waals surface area contributed by atoms with Gasteiger partial charge < -0.3 is 38.0 Å². The zero-order chi connectivity index (χ0) is 35.1. The maximum Gasteiger partial charge on any atom is 0.302 e. The number of carbonyl (C=O) groups excluding carboxylic acids is 5. The van der Waals surface area contributed by atoms with E-state index in [1.54, 1.807) is 33.6 Å². The van der Waals surface area contributed by atoms with Crippen LogP contribution >= 0.6 is 14.7 Å². The number of hydrogen-bond acceptors (Lipinski definition) is 12. The number of methoxy groups -OCH3 is 2. The predicted molar refractivity (Wildman–Crippen MR) is 164 cm³/mol. The van der Waals surface area contributed by atoms with Crippen LogP contribution in [-0.2, 0) is 51.6 Å². The molecule has 0 saturated carbocycles. The smallest absolute Gasteiger partial charge is 0.302 e. The summed E-state index contributed by atoms with van der Waals surface area (Å²) in [5.74, 6) is 0.0972. The van der Waals surface area contributed by atoms with Crippen molar-refractivity contribution in [2.45, 2.75) is 82.6 Å². The lowest BCUT2D eigenvalue weighted by atomic mass is 10.4. The Bertz CT molecular complexity index is 599. The summed E-state index contributed by atoms with van der Waals surface area (Å²) in [4.78, 5) is 47.9. The molecule has 0 fully saturated rings. The summed E-state index contributed by atoms with van der Waals surface area (Å²) >= 11 is 0. The van der Waals surface area contributed by atoms with E-state index in [-0.39, 0.29) is 29.3 Å². The topological polar surface area (TPSA) is 179 Å². The summed E-state index contributed by atoms with van der Waals surface area (Å²) in [6, 6.07) is 0. The van der Waals surface area contributed by atoms with Gasteiger partial charge in [-0.05, 0) is 41.5 Å². The van der Waals surface area contributed by atoms with Gasteiger partial charge in [-0.25, -0.2) is 0 Å². The van der Waals surface area contributed by atoms with Gasteiger partial charge in [0, 0.05) is 54.0 Å². The van der Waals surface area contributed by atoms with Crippen molar-refractivity contribution in [2.24, 2.45) is 0 Å². The fourth-order valence-electron chi connectivity index (χ4n) is 0.311. The van der Waals surface area contributed by atoms with Crippen LogP contribution in [0.2, 0.25) is 0 Å². The van der Waals surface area contributed by atoms with Crippen molar-refractivity contribution in [3.63, 3.8) is 0 Å². The average molecular weight is 628 g/mol. The molecule has 0 rings (SSSR count). The van der Waals surface area contributed by atoms with Crippen LogP contribution < -0.4 is 5.11 Å². The highest BCUT2D eigenvalue weighted by atomic mass is 31.2. The summed E-state index contributed by atoms with van der Waals surface area (Å²) in [5.41, 5.74) is 0. The average Bonchev–Trinajstić information content (AvgIpc) is 2.81. The summed E-state index contributed by atoms with van der Waals surface area (Å²) < 4.78 is 38.5. The molecular formula is C26H61O12P2-. The number of hydrogen-bond donors (Lipinski definition) is 0. The first-order valence-corrected chi connectivity index (χ1v) is 17.2. The molecule has 0 bridgehead atoms. The third kappa shape index (κ3) is 355. The molecule has 0 unspecified atom stereocenters. The SMILES string of the molecule is CC.CC(C)=O.CC(C)=O.CCC(C)=O.CCOP(C)(C)=O.COC(C)=O.COC(C)=O.COP(C)(C)=O.C[O-]. The molecular weight excluding hydrogens is 566 g/mol. The van der Waals surface area contributed by atoms with Gasteiger partial charge in [0.05, 0.1) is 20.8 Å². The monoisotopic (exact) mass is 627 g/mol. The van der Waals surface area contributed by atoms with E-state index in [0.29, 0.717) is 13.0 Å². The number of rotatable bonds is 4. The summed E-state index contributed by atoms with van der Waals surface area (Å²) in [5, 5.41) is 8.25. The molecule has 0 aromatic rings. The van der Waals surface area contributed by atoms with Gasteiger partial charge in [-0.15, -0.1) is 0 Å². The fraction of sp³-hybridized carbons (Fsp3) is 0.808. The van der Waals surface area contributed by atoms with Crippen molar-refractivity contribution in [3.05, 3.63) is 0 Å². The van der Waals surface area contributed by atoms with Crippen molar-refractivity contribution >= 4 is 44.0 Å². The van der Waals surface area contributed by atoms with Crippen LogP contribution in [0.5, 0.6) is 0 Å². The molecule has 0 spiro atoms. The maximum atomic E-state index is 10.6. The molecule has 12 nitrogen and oxygen atoms in total. The van der Waals surface area contributed by atoms with Crippen molar-refractivity contribution < 1.29 is 56.7 Å². The maximum absolute atomic E-state index is 10.6. The molecule has 248 valence electrons. The lowest BCUT2D eigenvalue weighted by Crippen LogP contribution is -1.88. The van der Waals surface area contributed by atoms with Gasteiger partial charge in [0.25, 0.3) is 0 Å². The van der Waals surface area contributed by atoms with Gasteiger partial charge in [-0.2, -0.15) is 7.11 Å². The number of ketones is 3. The Hall–Kier alpha value is -1.71. The van der Waals surface area contributed by atoms with Gasteiger partial charge in [0.15, 0.2) is 14.7 Å². The molecule has 0 aliphatic rings. The van der Waals surface area contributed by atoms with Crippen molar-refractivity contribution in [2.75, 3.05) is 61.7 Å². The van der Waals surface area contributed by atoms with Crippen LogP contribution in [0, 0.1) is 0 Å². The Morgan fingerprint density at radius 3 is 0.750 bits per heavy atom. The highest BCUT2D eigenvalue weighted by Crippen LogP contribution is 2.36. The van der Waals surface area contributed by atoms with Crippen LogP contribution in [0.3, 0.4) is 0 Å². The number of Topliss-reactive ketones (excluding diaryl/α,β-unsaturated/α-hetero) is 3. The second kappa shape index (κ2) is 50.2. The van der Waals surface area contributed by atoms with Gasteiger partial charge in [-0.1, -0.05) is 20.8 Å². The molecule has 14 heteroatoms. The van der Waals surface area contributed by atoms with Crippen LogP contribution in [0.4, 0.5) is 0 Å². The second-order valence-electron chi connectivity index (χ2n) is 7.37. The minimum atomic E-state index is -2.17. The normalized spacial score (nSPS) is 8.10. The Morgan fingerprint density at radius 1 is 0.600 bits per heavy atom. The van der Waals surface area contributed by atoms with E-state index in [4.69, 9.17) is 9.63 Å². The number of ether oxygens (including phenoxy) is 2. The van der Waals surface area contributed by atoms with Crippen molar-refractivity contribution in [1.29, 1.82) is 0 Å². The third-order valence-corrected chi connectivity index (χ3v) is 3.71. The fourth-order valence-corrected chi connectivity index (χ4v) is 0.933. The molecule has 0 aliphatic heterocycles. The van der Waals surface area contributed by atoms with Gasteiger partial charge in [0.2, 0.25) is 0 Å². The Labute approximate surface area is 245 Å². The van der Waals surface area contributed by atoms with E-state index in [0.717, 1.165) is 7.11 Å². The quantitative estimate of drug-likeness (QED) is 0.292. The molecule has 0 atom stereocenters. The molecule has 0 aliphatic carbocycles. The molecule has 0 saturated heterocycles. The van der Waals surface area contributed by atoms with E-state index in [9.17, 15) is 33.1 Å². The molecule has 40 heavy (non-hydrogen) atoms. The first-order valence-electron chi connectivity index (χ1n) is 12.1. The molecule has 0 amide bonds. The number of carbonyl (C=O) groups is 5. The summed E-state index contributed by atoms with van der Waals surface area (Å²) in [7, 11) is 0.582. The van der Waals surface area contributed by atoms with Crippen LogP contribution in [0.1, 0.15) is 82.6 Å². The highest BCUT2D eigenvalue weighted by Gasteiger charge is 2.02. The van der Waals surface area contributed by atoms with E-state index in [1.807, 2.05) is 27.7 Å². The zero-order valence-electron chi connectivity index (χ0n) is 28.7. The molecule has 0 heterocycles. The van der Waals surface area contributed by atoms with Crippen molar-refractivity contribution in [3.8, 4) is 0 Å². The minimum absolute atomic E-state index is 0.167. The highest BCUT2D eigenvalue weighted by molar-refractivity contribution is 7.57. The summed E-state index contributed by atoms with van der Waals surface area (Å²) in [6.07, 6.45) is 0.667. The van der Waals surface area contributed by atoms with E-state index < -0.39 is 14.7 Å². The Kier molecular flexibility index (Phi) is 77.8. The predicted octanol–water partition coefficient (Wildman–Crippen LogP) is 5.27. The molecule has 0 N–H and O–H groups in total. The van der Waals surface area contributed by atoms with Crippen LogP contribution in [-0.4, -0.2) is 91.0 Å². The molecule has 0 aromatic heterocycles. The Balaban J connectivity index is -0.0000000395. The minimum Gasteiger partial charge on any atom is -0.857 e. The van der Waals surface area contributed by atoms with Gasteiger partial charge in [-0.3, -0.25) is 18.7 Å². The first kappa shape index (κ1) is 62.1.